The number of fused-ring (bicyclic) bond motifs is 4. The zero-order valence-electron chi connectivity index (χ0n) is 33.1. The van der Waals surface area contributed by atoms with Crippen molar-refractivity contribution in [1.82, 2.24) is 4.57 Å². The summed E-state index contributed by atoms with van der Waals surface area (Å²) in [7, 11) is 0. The molecular formula is C58H37FN2. The third kappa shape index (κ3) is 5.70. The highest BCUT2D eigenvalue weighted by atomic mass is 19.1. The minimum Gasteiger partial charge on any atom is -0.309 e. The van der Waals surface area contributed by atoms with Crippen molar-refractivity contribution in [1.29, 1.82) is 0 Å². The fourth-order valence-electron chi connectivity index (χ4n) is 9.60. The van der Waals surface area contributed by atoms with Gasteiger partial charge in [0, 0.05) is 33.4 Å². The first-order valence-electron chi connectivity index (χ1n) is 20.8. The molecule has 0 aliphatic heterocycles. The normalized spacial score (nSPS) is 11.7. The van der Waals surface area contributed by atoms with Gasteiger partial charge in [0.05, 0.1) is 16.7 Å². The van der Waals surface area contributed by atoms with Gasteiger partial charge in [-0.1, -0.05) is 164 Å². The van der Waals surface area contributed by atoms with Crippen LogP contribution in [0.3, 0.4) is 0 Å². The van der Waals surface area contributed by atoms with Crippen molar-refractivity contribution in [3.05, 3.63) is 230 Å². The summed E-state index contributed by atoms with van der Waals surface area (Å²) in [5.74, 6) is -0.293. The van der Waals surface area contributed by atoms with E-state index in [0.29, 0.717) is 5.69 Å². The van der Waals surface area contributed by atoms with Crippen molar-refractivity contribution in [2.24, 2.45) is 0 Å². The largest absolute Gasteiger partial charge is 0.309 e. The molecule has 12 rings (SSSR count). The molecule has 11 aromatic carbocycles. The summed E-state index contributed by atoms with van der Waals surface area (Å²) in [6.07, 6.45) is 0. The first-order chi connectivity index (χ1) is 30.2. The van der Waals surface area contributed by atoms with Crippen LogP contribution in [0.15, 0.2) is 224 Å². The zero-order chi connectivity index (χ0) is 40.4. The maximum absolute atomic E-state index is 17.0. The van der Waals surface area contributed by atoms with Crippen LogP contribution < -0.4 is 4.90 Å². The maximum Gasteiger partial charge on any atom is 0.148 e. The molecule has 0 aliphatic rings. The van der Waals surface area contributed by atoms with Crippen molar-refractivity contribution in [2.75, 3.05) is 4.90 Å². The van der Waals surface area contributed by atoms with Crippen molar-refractivity contribution in [2.45, 2.75) is 0 Å². The van der Waals surface area contributed by atoms with Crippen LogP contribution in [-0.2, 0) is 0 Å². The number of hydrogen-bond acceptors (Lipinski definition) is 1. The number of nitrogens with zero attached hydrogens (tertiary/aromatic N) is 2. The highest BCUT2D eigenvalue weighted by molar-refractivity contribution is 6.33. The van der Waals surface area contributed by atoms with E-state index in [2.05, 4.69) is 144 Å². The Balaban J connectivity index is 1.03. The van der Waals surface area contributed by atoms with Gasteiger partial charge in [0.1, 0.15) is 5.82 Å². The van der Waals surface area contributed by atoms with Gasteiger partial charge in [-0.05, 0) is 121 Å². The average Bonchev–Trinajstić information content (AvgIpc) is 3.66. The Labute approximate surface area is 353 Å². The highest BCUT2D eigenvalue weighted by Crippen LogP contribution is 2.46. The fourth-order valence-corrected chi connectivity index (χ4v) is 9.60. The van der Waals surface area contributed by atoms with E-state index in [-0.39, 0.29) is 5.82 Å². The second kappa shape index (κ2) is 14.1. The molecule has 12 aromatic rings. The van der Waals surface area contributed by atoms with Crippen LogP contribution >= 0.6 is 0 Å². The van der Waals surface area contributed by atoms with Gasteiger partial charge in [0.2, 0.25) is 0 Å². The molecule has 0 spiro atoms. The molecule has 0 atom stereocenters. The fraction of sp³-hybridized carbons (Fsp3) is 0. The van der Waals surface area contributed by atoms with Crippen LogP contribution in [0, 0.1) is 5.82 Å². The lowest BCUT2D eigenvalue weighted by Gasteiger charge is -2.29. The van der Waals surface area contributed by atoms with Crippen LogP contribution in [0.2, 0.25) is 0 Å². The van der Waals surface area contributed by atoms with Gasteiger partial charge in [0.15, 0.2) is 0 Å². The third-order valence-electron chi connectivity index (χ3n) is 12.3. The third-order valence-corrected chi connectivity index (χ3v) is 12.3. The Morgan fingerprint density at radius 3 is 1.64 bits per heavy atom. The number of rotatable bonds is 7. The van der Waals surface area contributed by atoms with E-state index in [1.54, 1.807) is 6.07 Å². The van der Waals surface area contributed by atoms with E-state index >= 15 is 4.39 Å². The number of aromatic nitrogens is 1. The molecule has 0 unspecified atom stereocenters. The summed E-state index contributed by atoms with van der Waals surface area (Å²) in [5, 5.41) is 10.2. The molecular weight excluding hydrogens is 744 g/mol. The van der Waals surface area contributed by atoms with Crippen LogP contribution in [0.25, 0.3) is 93.2 Å². The summed E-state index contributed by atoms with van der Waals surface area (Å²) >= 11 is 0. The van der Waals surface area contributed by atoms with Gasteiger partial charge in [-0.2, -0.15) is 0 Å². The van der Waals surface area contributed by atoms with E-state index in [9.17, 15) is 0 Å². The molecule has 2 nitrogen and oxygen atoms in total. The van der Waals surface area contributed by atoms with Gasteiger partial charge >= 0.3 is 0 Å². The second-order valence-electron chi connectivity index (χ2n) is 15.8. The molecule has 0 saturated heterocycles. The molecule has 0 bridgehead atoms. The first-order valence-corrected chi connectivity index (χ1v) is 20.8. The zero-order valence-corrected chi connectivity index (χ0v) is 33.1. The SMILES string of the molecule is Fc1cc(-c2ccccc2)cc(-c2ccccc2)c1N(c1ccccc1)c1ccc(-c2ccc3c4c5ccc6cccc7ccc(cc4n(-c4ccccc4)c3c2)c5c76)cc1. The van der Waals surface area contributed by atoms with Crippen molar-refractivity contribution in [3.63, 3.8) is 0 Å². The molecule has 61 heavy (non-hydrogen) atoms. The van der Waals surface area contributed by atoms with Crippen LogP contribution in [0.1, 0.15) is 0 Å². The van der Waals surface area contributed by atoms with Crippen LogP contribution in [0.5, 0.6) is 0 Å². The quantitative estimate of drug-likeness (QED) is 0.146. The summed E-state index contributed by atoms with van der Waals surface area (Å²) in [6.45, 7) is 0. The van der Waals surface area contributed by atoms with Gasteiger partial charge < -0.3 is 9.47 Å². The van der Waals surface area contributed by atoms with Gasteiger partial charge in [-0.3, -0.25) is 0 Å². The smallest absolute Gasteiger partial charge is 0.148 e. The Hall–Kier alpha value is -8.01. The highest BCUT2D eigenvalue weighted by Gasteiger charge is 2.24. The molecule has 1 heterocycles. The van der Waals surface area contributed by atoms with Crippen LogP contribution in [0.4, 0.5) is 21.5 Å². The topological polar surface area (TPSA) is 8.17 Å². The number of halogens is 1. The molecule has 286 valence electrons. The summed E-state index contributed by atoms with van der Waals surface area (Å²) in [4.78, 5) is 2.05. The van der Waals surface area contributed by atoms with Crippen molar-refractivity contribution < 1.29 is 4.39 Å². The Bertz CT molecular complexity index is 3540. The predicted octanol–water partition coefficient (Wildman–Crippen LogP) is 16.3. The Morgan fingerprint density at radius 1 is 0.344 bits per heavy atom. The monoisotopic (exact) mass is 780 g/mol. The lowest BCUT2D eigenvalue weighted by molar-refractivity contribution is 0.630. The van der Waals surface area contributed by atoms with Gasteiger partial charge in [-0.25, -0.2) is 4.39 Å². The molecule has 0 aliphatic carbocycles. The average molecular weight is 781 g/mol. The maximum atomic E-state index is 17.0. The summed E-state index contributed by atoms with van der Waals surface area (Å²) in [5.41, 5.74) is 11.4. The molecule has 1 aromatic heterocycles. The van der Waals surface area contributed by atoms with Gasteiger partial charge in [0.25, 0.3) is 0 Å². The Kier molecular flexibility index (Phi) is 8.07. The Morgan fingerprint density at radius 2 is 0.918 bits per heavy atom. The predicted molar refractivity (Wildman–Crippen MR) is 255 cm³/mol. The minimum atomic E-state index is -0.293. The number of hydrogen-bond donors (Lipinski definition) is 0. The second-order valence-corrected chi connectivity index (χ2v) is 15.8. The lowest BCUT2D eigenvalue weighted by atomic mass is 9.92. The number of benzene rings is 11. The van der Waals surface area contributed by atoms with Crippen LogP contribution in [-0.4, -0.2) is 4.57 Å². The molecule has 3 heteroatoms. The molecule has 0 radical (unpaired) electrons. The summed E-state index contributed by atoms with van der Waals surface area (Å²) < 4.78 is 19.5. The number of anilines is 3. The molecule has 0 amide bonds. The van der Waals surface area contributed by atoms with E-state index < -0.39 is 0 Å². The van der Waals surface area contributed by atoms with E-state index in [4.69, 9.17) is 0 Å². The lowest BCUT2D eigenvalue weighted by Crippen LogP contribution is -2.13. The van der Waals surface area contributed by atoms with E-state index in [1.807, 2.05) is 83.8 Å². The molecule has 0 N–H and O–H groups in total. The molecule has 0 saturated carbocycles. The minimum absolute atomic E-state index is 0.293. The van der Waals surface area contributed by atoms with Crippen molar-refractivity contribution in [3.8, 4) is 39.1 Å². The first kappa shape index (κ1) is 35.0. The standard InChI is InChI=1S/C58H37FN2/c59-52-35-45(38-14-5-1-6-15-38)34-51(40-16-7-2-8-17-40)58(52)60(46-20-9-3-10-21-46)48-30-26-39(27-31-48)43-29-32-49-53(36-43)61(47-22-11-4-12-23-47)54-37-44-25-24-41-18-13-19-42-28-33-50(57(49)54)56(44)55(41)42/h1-37H. The summed E-state index contributed by atoms with van der Waals surface area (Å²) in [6, 6.07) is 78.2. The van der Waals surface area contributed by atoms with Crippen molar-refractivity contribution >= 4 is 71.2 Å². The molecule has 0 fully saturated rings. The number of para-hydroxylation sites is 2. The van der Waals surface area contributed by atoms with E-state index in [0.717, 1.165) is 56.0 Å². The van der Waals surface area contributed by atoms with Gasteiger partial charge in [-0.15, -0.1) is 0 Å². The van der Waals surface area contributed by atoms with E-state index in [1.165, 1.54) is 48.6 Å².